The highest BCUT2D eigenvalue weighted by atomic mass is 35.5. The molecule has 0 saturated heterocycles. The zero-order valence-corrected chi connectivity index (χ0v) is 13.2. The summed E-state index contributed by atoms with van der Waals surface area (Å²) in [5, 5.41) is 3.76. The Balaban J connectivity index is 2.20. The molecule has 1 fully saturated rings. The van der Waals surface area contributed by atoms with Gasteiger partial charge in [-0.25, -0.2) is 0 Å². The van der Waals surface area contributed by atoms with Crippen LogP contribution in [0.15, 0.2) is 18.2 Å². The molecule has 0 aromatic heterocycles. The van der Waals surface area contributed by atoms with Gasteiger partial charge in [-0.15, -0.1) is 0 Å². The van der Waals surface area contributed by atoms with Gasteiger partial charge in [0.05, 0.1) is 20.6 Å². The van der Waals surface area contributed by atoms with E-state index < -0.39 is 5.54 Å². The number of benzene rings is 1. The van der Waals surface area contributed by atoms with Gasteiger partial charge in [0.1, 0.15) is 0 Å². The van der Waals surface area contributed by atoms with E-state index in [1.807, 2.05) is 0 Å². The molecule has 1 aromatic rings. The number of nitrogens with one attached hydrogen (secondary N) is 1. The fourth-order valence-electron chi connectivity index (χ4n) is 2.52. The molecule has 2 rings (SSSR count). The van der Waals surface area contributed by atoms with E-state index in [2.05, 4.69) is 5.32 Å². The number of carbonyl (C=O) groups is 1. The summed E-state index contributed by atoms with van der Waals surface area (Å²) < 4.78 is 0. The molecule has 1 saturated carbocycles. The van der Waals surface area contributed by atoms with Crippen LogP contribution in [0.1, 0.15) is 42.5 Å². The molecule has 3 nitrogen and oxygen atoms in total. The van der Waals surface area contributed by atoms with Gasteiger partial charge in [0.15, 0.2) is 0 Å². The van der Waals surface area contributed by atoms with E-state index in [0.29, 0.717) is 20.6 Å². The molecule has 0 spiro atoms. The third-order valence-corrected chi connectivity index (χ3v) is 4.84. The SMILES string of the molecule is NC(=S)C1(NC(=O)c2ccc(Cl)c(Cl)c2)CCCCC1. The van der Waals surface area contributed by atoms with E-state index in [1.54, 1.807) is 18.2 Å². The van der Waals surface area contributed by atoms with Crippen LogP contribution in [0.3, 0.4) is 0 Å². The molecule has 20 heavy (non-hydrogen) atoms. The van der Waals surface area contributed by atoms with Gasteiger partial charge < -0.3 is 11.1 Å². The van der Waals surface area contributed by atoms with E-state index in [9.17, 15) is 4.79 Å². The molecule has 1 aliphatic carbocycles. The number of hydrogen-bond acceptors (Lipinski definition) is 2. The number of hydrogen-bond donors (Lipinski definition) is 2. The number of nitrogens with two attached hydrogens (primary N) is 1. The summed E-state index contributed by atoms with van der Waals surface area (Å²) in [7, 11) is 0. The number of halogens is 2. The van der Waals surface area contributed by atoms with Gasteiger partial charge in [-0.05, 0) is 31.0 Å². The van der Waals surface area contributed by atoms with Crippen molar-refractivity contribution in [2.45, 2.75) is 37.6 Å². The van der Waals surface area contributed by atoms with Gasteiger partial charge in [-0.3, -0.25) is 4.79 Å². The minimum absolute atomic E-state index is 0.224. The standard InChI is InChI=1S/C14H16Cl2N2OS/c15-10-5-4-9(8-11(10)16)12(19)18-14(13(17)20)6-2-1-3-7-14/h4-5,8H,1-3,6-7H2,(H2,17,20)(H,18,19). The molecule has 1 amide bonds. The highest BCUT2D eigenvalue weighted by Gasteiger charge is 2.36. The maximum absolute atomic E-state index is 12.4. The van der Waals surface area contributed by atoms with Crippen molar-refractivity contribution >= 4 is 46.3 Å². The Bertz CT molecular complexity index is 542. The zero-order valence-electron chi connectivity index (χ0n) is 10.9. The lowest BCUT2D eigenvalue weighted by Crippen LogP contribution is -2.57. The molecule has 0 atom stereocenters. The summed E-state index contributed by atoms with van der Waals surface area (Å²) in [6, 6.07) is 4.79. The average Bonchev–Trinajstić information content (AvgIpc) is 2.42. The van der Waals surface area contributed by atoms with Crippen molar-refractivity contribution in [2.75, 3.05) is 0 Å². The van der Waals surface area contributed by atoms with Crippen LogP contribution in [0.5, 0.6) is 0 Å². The fraction of sp³-hybridized carbons (Fsp3) is 0.429. The number of amides is 1. The summed E-state index contributed by atoms with van der Waals surface area (Å²) in [6.45, 7) is 0. The van der Waals surface area contributed by atoms with Gasteiger partial charge in [0, 0.05) is 5.56 Å². The smallest absolute Gasteiger partial charge is 0.252 e. The van der Waals surface area contributed by atoms with Crippen LogP contribution in [0.2, 0.25) is 10.0 Å². The summed E-state index contributed by atoms with van der Waals surface area (Å²) in [5.74, 6) is -0.224. The highest BCUT2D eigenvalue weighted by Crippen LogP contribution is 2.29. The fourth-order valence-corrected chi connectivity index (χ4v) is 3.07. The summed E-state index contributed by atoms with van der Waals surface area (Å²) in [4.78, 5) is 12.7. The zero-order chi connectivity index (χ0) is 14.8. The first kappa shape index (κ1) is 15.5. The minimum atomic E-state index is -0.573. The second-order valence-electron chi connectivity index (χ2n) is 5.09. The second kappa shape index (κ2) is 6.29. The maximum Gasteiger partial charge on any atom is 0.252 e. The molecule has 108 valence electrons. The third-order valence-electron chi connectivity index (χ3n) is 3.71. The van der Waals surface area contributed by atoms with Crippen LogP contribution >= 0.6 is 35.4 Å². The van der Waals surface area contributed by atoms with Gasteiger partial charge >= 0.3 is 0 Å². The summed E-state index contributed by atoms with van der Waals surface area (Å²) in [5.41, 5.74) is 5.74. The molecule has 1 aliphatic rings. The van der Waals surface area contributed by atoms with Crippen molar-refractivity contribution in [2.24, 2.45) is 5.73 Å². The lowest BCUT2D eigenvalue weighted by molar-refractivity contribution is 0.0908. The summed E-state index contributed by atoms with van der Waals surface area (Å²) >= 11 is 16.9. The van der Waals surface area contributed by atoms with Crippen molar-refractivity contribution < 1.29 is 4.79 Å². The van der Waals surface area contributed by atoms with Crippen molar-refractivity contribution in [3.63, 3.8) is 0 Å². The van der Waals surface area contributed by atoms with E-state index in [0.717, 1.165) is 32.1 Å². The van der Waals surface area contributed by atoms with E-state index >= 15 is 0 Å². The van der Waals surface area contributed by atoms with Gasteiger partial charge in [0.25, 0.3) is 5.91 Å². The Labute approximate surface area is 133 Å². The Morgan fingerprint density at radius 1 is 1.20 bits per heavy atom. The van der Waals surface area contributed by atoms with Gasteiger partial charge in [-0.1, -0.05) is 54.7 Å². The van der Waals surface area contributed by atoms with Crippen LogP contribution in [0.25, 0.3) is 0 Å². The van der Waals surface area contributed by atoms with E-state index in [-0.39, 0.29) is 5.91 Å². The van der Waals surface area contributed by atoms with Crippen molar-refractivity contribution in [1.82, 2.24) is 5.32 Å². The van der Waals surface area contributed by atoms with Crippen molar-refractivity contribution in [3.05, 3.63) is 33.8 Å². The Morgan fingerprint density at radius 3 is 2.40 bits per heavy atom. The Morgan fingerprint density at radius 2 is 1.85 bits per heavy atom. The maximum atomic E-state index is 12.4. The second-order valence-corrected chi connectivity index (χ2v) is 6.34. The first-order chi connectivity index (χ1) is 9.44. The van der Waals surface area contributed by atoms with Crippen molar-refractivity contribution in [3.8, 4) is 0 Å². The quantitative estimate of drug-likeness (QED) is 0.830. The van der Waals surface area contributed by atoms with Gasteiger partial charge in [0.2, 0.25) is 0 Å². The third kappa shape index (κ3) is 3.25. The molecule has 0 radical (unpaired) electrons. The van der Waals surface area contributed by atoms with Crippen LogP contribution in [-0.4, -0.2) is 16.4 Å². The van der Waals surface area contributed by atoms with Crippen LogP contribution in [-0.2, 0) is 0 Å². The van der Waals surface area contributed by atoms with Crippen LogP contribution in [0.4, 0.5) is 0 Å². The Kier molecular flexibility index (Phi) is 4.89. The van der Waals surface area contributed by atoms with Crippen molar-refractivity contribution in [1.29, 1.82) is 0 Å². The lowest BCUT2D eigenvalue weighted by Gasteiger charge is -2.37. The normalized spacial score (nSPS) is 17.5. The monoisotopic (exact) mass is 330 g/mol. The molecule has 1 aromatic carbocycles. The van der Waals surface area contributed by atoms with E-state index in [4.69, 9.17) is 41.2 Å². The molecular weight excluding hydrogens is 315 g/mol. The molecule has 3 N–H and O–H groups in total. The highest BCUT2D eigenvalue weighted by molar-refractivity contribution is 7.80. The predicted molar refractivity (Wildman–Crippen MR) is 86.5 cm³/mol. The number of rotatable bonds is 3. The molecule has 0 aliphatic heterocycles. The molecule has 0 unspecified atom stereocenters. The molecule has 0 heterocycles. The minimum Gasteiger partial charge on any atom is -0.391 e. The topological polar surface area (TPSA) is 55.1 Å². The lowest BCUT2D eigenvalue weighted by atomic mass is 9.81. The molecule has 0 bridgehead atoms. The largest absolute Gasteiger partial charge is 0.391 e. The number of carbonyl (C=O) groups excluding carboxylic acids is 1. The Hall–Kier alpha value is -0.840. The first-order valence-electron chi connectivity index (χ1n) is 6.52. The summed E-state index contributed by atoms with van der Waals surface area (Å²) in [6.07, 6.45) is 4.75. The van der Waals surface area contributed by atoms with E-state index in [1.165, 1.54) is 0 Å². The van der Waals surface area contributed by atoms with Crippen LogP contribution in [0, 0.1) is 0 Å². The predicted octanol–water partition coefficient (Wildman–Crippen LogP) is 3.71. The average molecular weight is 331 g/mol. The molecular formula is C14H16Cl2N2OS. The van der Waals surface area contributed by atoms with Gasteiger partial charge in [-0.2, -0.15) is 0 Å². The van der Waals surface area contributed by atoms with Crippen LogP contribution < -0.4 is 11.1 Å². The number of thiocarbonyl (C=S) groups is 1. The first-order valence-corrected chi connectivity index (χ1v) is 7.68. The molecule has 6 heteroatoms.